The van der Waals surface area contributed by atoms with Gasteiger partial charge in [0.15, 0.2) is 5.11 Å². The van der Waals surface area contributed by atoms with Gasteiger partial charge in [0.05, 0.1) is 17.5 Å². The van der Waals surface area contributed by atoms with E-state index in [4.69, 9.17) is 17.0 Å². The van der Waals surface area contributed by atoms with Gasteiger partial charge in [0.2, 0.25) is 0 Å². The fourth-order valence-electron chi connectivity index (χ4n) is 4.55. The monoisotopic (exact) mass is 451 g/mol. The Morgan fingerprint density at radius 1 is 1.17 bits per heavy atom. The molecule has 0 radical (unpaired) electrons. The quantitative estimate of drug-likeness (QED) is 0.701. The third kappa shape index (κ3) is 3.66. The van der Waals surface area contributed by atoms with Crippen LogP contribution in [-0.2, 0) is 19.6 Å². The van der Waals surface area contributed by atoms with Gasteiger partial charge < -0.3 is 10.1 Å². The Morgan fingerprint density at radius 2 is 1.83 bits per heavy atom. The number of carbonyl (C=O) groups is 2. The molecule has 1 N–H and O–H groups in total. The zero-order valence-corrected chi connectivity index (χ0v) is 18.4. The van der Waals surface area contributed by atoms with Gasteiger partial charge in [-0.05, 0) is 50.0 Å². The minimum absolute atomic E-state index is 0.00272. The molecule has 30 heavy (non-hydrogen) atoms. The molecule has 4 rings (SSSR count). The fraction of sp³-hybridized carbons (Fsp3) is 0.550. The van der Waals surface area contributed by atoms with E-state index in [2.05, 4.69) is 5.32 Å². The van der Waals surface area contributed by atoms with E-state index in [1.807, 2.05) is 6.92 Å². The average Bonchev–Trinajstić information content (AvgIpc) is 3.32. The maximum atomic E-state index is 13.5. The lowest BCUT2D eigenvalue weighted by Crippen LogP contribution is -2.53. The number of thiocarbonyl (C=S) groups is 1. The van der Waals surface area contributed by atoms with Crippen LogP contribution in [0.5, 0.6) is 0 Å². The number of benzene rings is 1. The van der Waals surface area contributed by atoms with E-state index >= 15 is 0 Å². The van der Waals surface area contributed by atoms with Gasteiger partial charge in [0, 0.05) is 0 Å². The number of imide groups is 1. The number of hydrogen-bond donors (Lipinski definition) is 1. The van der Waals surface area contributed by atoms with Crippen molar-refractivity contribution in [3.8, 4) is 0 Å². The maximum absolute atomic E-state index is 13.5. The molecule has 1 aliphatic carbocycles. The summed E-state index contributed by atoms with van der Waals surface area (Å²) >= 11 is 5.41. The molecule has 2 amide bonds. The Morgan fingerprint density at radius 3 is 2.43 bits per heavy atom. The molecule has 10 heteroatoms. The van der Waals surface area contributed by atoms with Crippen LogP contribution in [0.4, 0.5) is 4.79 Å². The standard InChI is InChI=1S/C20H25N3O5S2/c1-13-7-9-15(10-8-13)30(26,27)23-17(14-5-3-2-4-6-14)16(21-19(23)29)18(24)22-11-12-28-20(22)25/h7-10,14,16-17H,2-6,11-12H2,1H3,(H,21,29)/t16-,17-/m0/s1. The molecule has 8 nitrogen and oxygen atoms in total. The number of amides is 2. The summed E-state index contributed by atoms with van der Waals surface area (Å²) in [7, 11) is -3.96. The van der Waals surface area contributed by atoms with Crippen molar-refractivity contribution in [2.45, 2.75) is 56.0 Å². The topological polar surface area (TPSA) is 96.0 Å². The summed E-state index contributed by atoms with van der Waals surface area (Å²) < 4.78 is 33.2. The van der Waals surface area contributed by atoms with Gasteiger partial charge >= 0.3 is 6.09 Å². The van der Waals surface area contributed by atoms with Gasteiger partial charge in [-0.1, -0.05) is 37.0 Å². The van der Waals surface area contributed by atoms with E-state index in [1.54, 1.807) is 24.3 Å². The average molecular weight is 452 g/mol. The molecule has 162 valence electrons. The van der Waals surface area contributed by atoms with Gasteiger partial charge in [0.25, 0.3) is 15.9 Å². The number of aryl methyl sites for hydroxylation is 1. The molecule has 0 spiro atoms. The summed E-state index contributed by atoms with van der Waals surface area (Å²) in [6, 6.07) is 4.99. The zero-order chi connectivity index (χ0) is 21.5. The van der Waals surface area contributed by atoms with E-state index in [9.17, 15) is 18.0 Å². The molecule has 2 aliphatic heterocycles. The first-order valence-corrected chi connectivity index (χ1v) is 12.1. The van der Waals surface area contributed by atoms with Crippen molar-refractivity contribution in [3.05, 3.63) is 29.8 Å². The highest BCUT2D eigenvalue weighted by Gasteiger charge is 2.52. The third-order valence-electron chi connectivity index (χ3n) is 6.09. The molecule has 2 saturated heterocycles. The van der Waals surface area contributed by atoms with E-state index in [0.717, 1.165) is 42.6 Å². The first-order chi connectivity index (χ1) is 14.3. The lowest BCUT2D eigenvalue weighted by molar-refractivity contribution is -0.130. The van der Waals surface area contributed by atoms with Crippen LogP contribution in [0, 0.1) is 12.8 Å². The molecule has 2 heterocycles. The van der Waals surface area contributed by atoms with Gasteiger partial charge in [-0.25, -0.2) is 22.4 Å². The minimum atomic E-state index is -3.96. The predicted molar refractivity (Wildman–Crippen MR) is 113 cm³/mol. The summed E-state index contributed by atoms with van der Waals surface area (Å²) in [4.78, 5) is 26.3. The van der Waals surface area contributed by atoms with Crippen LogP contribution in [-0.4, -0.2) is 60.0 Å². The van der Waals surface area contributed by atoms with Crippen LogP contribution >= 0.6 is 12.2 Å². The number of nitrogens with zero attached hydrogens (tertiary/aromatic N) is 2. The van der Waals surface area contributed by atoms with Crippen molar-refractivity contribution in [3.63, 3.8) is 0 Å². The molecular formula is C20H25N3O5S2. The molecule has 0 aromatic heterocycles. The van der Waals surface area contributed by atoms with Crippen LogP contribution in [0.2, 0.25) is 0 Å². The van der Waals surface area contributed by atoms with Gasteiger partial charge in [0.1, 0.15) is 12.6 Å². The number of cyclic esters (lactones) is 1. The minimum Gasteiger partial charge on any atom is -0.447 e. The summed E-state index contributed by atoms with van der Waals surface area (Å²) in [5.41, 5.74) is 0.945. The van der Waals surface area contributed by atoms with Crippen molar-refractivity contribution in [2.75, 3.05) is 13.2 Å². The van der Waals surface area contributed by atoms with Gasteiger partial charge in [-0.15, -0.1) is 0 Å². The zero-order valence-electron chi connectivity index (χ0n) is 16.7. The molecule has 0 bridgehead atoms. The Kier molecular flexibility index (Phi) is 5.71. The van der Waals surface area contributed by atoms with Crippen LogP contribution in [0.25, 0.3) is 0 Å². The third-order valence-corrected chi connectivity index (χ3v) is 8.34. The van der Waals surface area contributed by atoms with Crippen LogP contribution in [0.3, 0.4) is 0 Å². The smallest absolute Gasteiger partial charge is 0.416 e. The molecule has 1 aromatic carbocycles. The van der Waals surface area contributed by atoms with Crippen molar-refractivity contribution >= 4 is 39.4 Å². The molecule has 3 aliphatic rings. The van der Waals surface area contributed by atoms with E-state index in [0.29, 0.717) is 0 Å². The van der Waals surface area contributed by atoms with Crippen LogP contribution in [0.1, 0.15) is 37.7 Å². The summed E-state index contributed by atoms with van der Waals surface area (Å²) in [6.45, 7) is 2.18. The summed E-state index contributed by atoms with van der Waals surface area (Å²) in [5, 5.41) is 2.91. The molecule has 1 aromatic rings. The van der Waals surface area contributed by atoms with Gasteiger partial charge in [-0.2, -0.15) is 0 Å². The predicted octanol–water partition coefficient (Wildman–Crippen LogP) is 2.17. The van der Waals surface area contributed by atoms with E-state index in [1.165, 1.54) is 4.31 Å². The number of sulfonamides is 1. The maximum Gasteiger partial charge on any atom is 0.416 e. The highest BCUT2D eigenvalue weighted by atomic mass is 32.2. The Bertz CT molecular complexity index is 957. The first-order valence-electron chi connectivity index (χ1n) is 10.2. The number of hydrogen-bond acceptors (Lipinski definition) is 6. The summed E-state index contributed by atoms with van der Waals surface area (Å²) in [6.07, 6.45) is 3.95. The van der Waals surface area contributed by atoms with Gasteiger partial charge in [-0.3, -0.25) is 4.79 Å². The Hall–Kier alpha value is -2.20. The van der Waals surface area contributed by atoms with Crippen LogP contribution < -0.4 is 5.32 Å². The van der Waals surface area contributed by atoms with E-state index < -0.39 is 34.1 Å². The molecule has 1 saturated carbocycles. The van der Waals surface area contributed by atoms with Crippen molar-refractivity contribution in [1.29, 1.82) is 0 Å². The highest BCUT2D eigenvalue weighted by molar-refractivity contribution is 7.91. The molecular weight excluding hydrogens is 426 g/mol. The van der Waals surface area contributed by atoms with E-state index in [-0.39, 0.29) is 29.1 Å². The lowest BCUT2D eigenvalue weighted by atomic mass is 9.81. The fourth-order valence-corrected chi connectivity index (χ4v) is 6.69. The number of ether oxygens (including phenoxy) is 1. The molecule has 0 unspecified atom stereocenters. The summed E-state index contributed by atoms with van der Waals surface area (Å²) in [5.74, 6) is -0.517. The van der Waals surface area contributed by atoms with Crippen molar-refractivity contribution < 1.29 is 22.7 Å². The second-order valence-electron chi connectivity index (χ2n) is 8.03. The molecule has 3 fully saturated rings. The Labute approximate surface area is 181 Å². The Balaban J connectivity index is 1.72. The SMILES string of the molecule is Cc1ccc(S(=O)(=O)N2C(=S)N[C@H](C(=O)N3CCOC3=O)[C@@H]2C2CCCCC2)cc1. The van der Waals surface area contributed by atoms with Crippen LogP contribution in [0.15, 0.2) is 29.2 Å². The second kappa shape index (κ2) is 8.14. The van der Waals surface area contributed by atoms with Crippen molar-refractivity contribution in [1.82, 2.24) is 14.5 Å². The number of rotatable bonds is 4. The number of nitrogens with one attached hydrogen (secondary N) is 1. The number of carbonyl (C=O) groups excluding carboxylic acids is 2. The largest absolute Gasteiger partial charge is 0.447 e. The van der Waals surface area contributed by atoms with Crippen molar-refractivity contribution in [2.24, 2.45) is 5.92 Å². The second-order valence-corrected chi connectivity index (χ2v) is 10.2. The highest BCUT2D eigenvalue weighted by Crippen LogP contribution is 2.37. The lowest BCUT2D eigenvalue weighted by Gasteiger charge is -2.35. The normalized spacial score (nSPS) is 25.4. The molecule has 2 atom stereocenters. The first kappa shape index (κ1) is 21.0.